The number of methoxy groups -OCH3 is 1. The van der Waals surface area contributed by atoms with Crippen molar-refractivity contribution in [3.63, 3.8) is 0 Å². The van der Waals surface area contributed by atoms with E-state index in [2.05, 4.69) is 5.32 Å². The van der Waals surface area contributed by atoms with Crippen molar-refractivity contribution in [2.75, 3.05) is 39.9 Å². The van der Waals surface area contributed by atoms with Crippen LogP contribution in [0, 0.1) is 5.92 Å². The first-order valence-corrected chi connectivity index (χ1v) is 11.0. The van der Waals surface area contributed by atoms with Gasteiger partial charge < -0.3 is 19.9 Å². The molecule has 0 radical (unpaired) electrons. The molecule has 2 fully saturated rings. The number of nitrogens with one attached hydrogen (secondary N) is 1. The van der Waals surface area contributed by atoms with Gasteiger partial charge in [0.05, 0.1) is 12.3 Å². The van der Waals surface area contributed by atoms with E-state index in [1.807, 2.05) is 12.1 Å². The van der Waals surface area contributed by atoms with Crippen LogP contribution in [0.5, 0.6) is 0 Å². The van der Waals surface area contributed by atoms with Gasteiger partial charge in [0.15, 0.2) is 0 Å². The minimum absolute atomic E-state index is 0.0242. The highest BCUT2D eigenvalue weighted by molar-refractivity contribution is 6.30. The SMILES string of the molecule is COCC(=O)N1CCN(C(=O)Cc2ccc(Cl)cc2)CCNC(=O)C2CCCCC21. The molecule has 30 heavy (non-hydrogen) atoms. The molecule has 0 bridgehead atoms. The summed E-state index contributed by atoms with van der Waals surface area (Å²) in [6.45, 7) is 1.65. The van der Waals surface area contributed by atoms with Gasteiger partial charge in [-0.25, -0.2) is 0 Å². The van der Waals surface area contributed by atoms with Gasteiger partial charge in [-0.3, -0.25) is 14.4 Å². The molecule has 164 valence electrons. The Hall–Kier alpha value is -2.12. The van der Waals surface area contributed by atoms with Crippen LogP contribution < -0.4 is 5.32 Å². The van der Waals surface area contributed by atoms with E-state index in [-0.39, 0.29) is 42.7 Å². The highest BCUT2D eigenvalue weighted by Gasteiger charge is 2.37. The van der Waals surface area contributed by atoms with E-state index in [9.17, 15) is 14.4 Å². The number of halogens is 1. The first kappa shape index (κ1) is 22.6. The largest absolute Gasteiger partial charge is 0.375 e. The predicted octanol–water partition coefficient (Wildman–Crippen LogP) is 1.87. The second-order valence-electron chi connectivity index (χ2n) is 7.95. The molecule has 7 nitrogen and oxygen atoms in total. The van der Waals surface area contributed by atoms with Gasteiger partial charge in [0.2, 0.25) is 17.7 Å². The van der Waals surface area contributed by atoms with Crippen molar-refractivity contribution in [1.82, 2.24) is 15.1 Å². The summed E-state index contributed by atoms with van der Waals surface area (Å²) in [6, 6.07) is 7.06. The van der Waals surface area contributed by atoms with Crippen LogP contribution in [0.3, 0.4) is 0 Å². The van der Waals surface area contributed by atoms with Gasteiger partial charge in [-0.15, -0.1) is 0 Å². The van der Waals surface area contributed by atoms with Crippen LogP contribution in [0.15, 0.2) is 24.3 Å². The van der Waals surface area contributed by atoms with Crippen LogP contribution in [0.1, 0.15) is 31.2 Å². The molecule has 1 aliphatic heterocycles. The number of hydrogen-bond donors (Lipinski definition) is 1. The molecule has 8 heteroatoms. The molecular weight excluding hydrogens is 406 g/mol. The molecule has 1 saturated carbocycles. The average Bonchev–Trinajstić information content (AvgIpc) is 2.74. The summed E-state index contributed by atoms with van der Waals surface area (Å²) in [4.78, 5) is 42.0. The Bertz CT molecular complexity index is 755. The standard InChI is InChI=1S/C22H30ClN3O4/c1-30-15-21(28)26-13-12-25(20(27)14-16-6-8-17(23)9-7-16)11-10-24-22(29)18-4-2-3-5-19(18)26/h6-9,18-19H,2-5,10-15H2,1H3,(H,24,29). The summed E-state index contributed by atoms with van der Waals surface area (Å²) in [7, 11) is 1.49. The van der Waals surface area contributed by atoms with Crippen LogP contribution in [0.2, 0.25) is 5.02 Å². The first-order chi connectivity index (χ1) is 14.5. The van der Waals surface area contributed by atoms with E-state index < -0.39 is 0 Å². The van der Waals surface area contributed by atoms with Gasteiger partial charge in [-0.2, -0.15) is 0 Å². The van der Waals surface area contributed by atoms with Gasteiger partial charge in [-0.1, -0.05) is 36.6 Å². The molecule has 1 aliphatic carbocycles. The molecule has 2 aliphatic rings. The third kappa shape index (κ3) is 5.73. The van der Waals surface area contributed by atoms with Crippen LogP contribution in [0.25, 0.3) is 0 Å². The highest BCUT2D eigenvalue weighted by atomic mass is 35.5. The van der Waals surface area contributed by atoms with Gasteiger partial charge in [0.25, 0.3) is 0 Å². The van der Waals surface area contributed by atoms with Gasteiger partial charge in [0, 0.05) is 44.4 Å². The topological polar surface area (TPSA) is 79.0 Å². The first-order valence-electron chi connectivity index (χ1n) is 10.6. The number of benzene rings is 1. The summed E-state index contributed by atoms with van der Waals surface area (Å²) in [6.07, 6.45) is 3.82. The van der Waals surface area contributed by atoms with Crippen molar-refractivity contribution in [3.8, 4) is 0 Å². The van der Waals surface area contributed by atoms with E-state index in [0.717, 1.165) is 31.2 Å². The summed E-state index contributed by atoms with van der Waals surface area (Å²) < 4.78 is 5.07. The Morgan fingerprint density at radius 1 is 1.10 bits per heavy atom. The lowest BCUT2D eigenvalue weighted by molar-refractivity contribution is -0.144. The molecule has 2 atom stereocenters. The Kier molecular flexibility index (Phi) is 8.10. The maximum absolute atomic E-state index is 12.9. The summed E-state index contributed by atoms with van der Waals surface area (Å²) in [5, 5.41) is 3.61. The number of nitrogens with zero attached hydrogens (tertiary/aromatic N) is 2. The van der Waals surface area contributed by atoms with Crippen molar-refractivity contribution in [2.45, 2.75) is 38.1 Å². The maximum Gasteiger partial charge on any atom is 0.248 e. The van der Waals surface area contributed by atoms with Crippen LogP contribution in [0.4, 0.5) is 0 Å². The van der Waals surface area contributed by atoms with E-state index in [4.69, 9.17) is 16.3 Å². The number of rotatable bonds is 4. The lowest BCUT2D eigenvalue weighted by Crippen LogP contribution is -2.56. The Balaban J connectivity index is 1.75. The second kappa shape index (κ2) is 10.8. The Morgan fingerprint density at radius 3 is 2.57 bits per heavy atom. The molecule has 1 aromatic carbocycles. The number of carbonyl (C=O) groups is 3. The Morgan fingerprint density at radius 2 is 1.83 bits per heavy atom. The number of amides is 3. The monoisotopic (exact) mass is 435 g/mol. The van der Waals surface area contributed by atoms with Crippen molar-refractivity contribution in [3.05, 3.63) is 34.9 Å². The highest BCUT2D eigenvalue weighted by Crippen LogP contribution is 2.29. The van der Waals surface area contributed by atoms with Crippen LogP contribution in [-0.2, 0) is 25.5 Å². The number of fused-ring (bicyclic) bond motifs is 1. The fraction of sp³-hybridized carbons (Fsp3) is 0.591. The molecule has 0 spiro atoms. The smallest absolute Gasteiger partial charge is 0.248 e. The van der Waals surface area contributed by atoms with Crippen LogP contribution in [-0.4, -0.2) is 73.5 Å². The van der Waals surface area contributed by atoms with E-state index in [0.29, 0.717) is 31.2 Å². The second-order valence-corrected chi connectivity index (χ2v) is 8.39. The third-order valence-electron chi connectivity index (χ3n) is 5.97. The lowest BCUT2D eigenvalue weighted by Gasteiger charge is -2.41. The fourth-order valence-electron chi connectivity index (χ4n) is 4.40. The van der Waals surface area contributed by atoms with Crippen molar-refractivity contribution in [1.29, 1.82) is 0 Å². The number of carbonyl (C=O) groups excluding carboxylic acids is 3. The van der Waals surface area contributed by atoms with Gasteiger partial charge in [0.1, 0.15) is 6.61 Å². The molecular formula is C22H30ClN3O4. The summed E-state index contributed by atoms with van der Waals surface area (Å²) in [5.41, 5.74) is 0.880. The normalized spacial score (nSPS) is 22.8. The van der Waals surface area contributed by atoms with E-state index >= 15 is 0 Å². The predicted molar refractivity (Wildman–Crippen MR) is 114 cm³/mol. The molecule has 0 aromatic heterocycles. The molecule has 1 saturated heterocycles. The zero-order chi connectivity index (χ0) is 21.5. The van der Waals surface area contributed by atoms with Crippen molar-refractivity contribution in [2.24, 2.45) is 5.92 Å². The molecule has 1 aromatic rings. The lowest BCUT2D eigenvalue weighted by atomic mass is 9.82. The third-order valence-corrected chi connectivity index (χ3v) is 6.22. The minimum Gasteiger partial charge on any atom is -0.375 e. The van der Waals surface area contributed by atoms with Gasteiger partial charge in [-0.05, 0) is 30.5 Å². The van der Waals surface area contributed by atoms with Crippen molar-refractivity contribution < 1.29 is 19.1 Å². The summed E-state index contributed by atoms with van der Waals surface area (Å²) in [5.74, 6) is -0.392. The fourth-order valence-corrected chi connectivity index (χ4v) is 4.52. The van der Waals surface area contributed by atoms with Crippen LogP contribution >= 0.6 is 11.6 Å². The minimum atomic E-state index is -0.198. The van der Waals surface area contributed by atoms with E-state index in [1.54, 1.807) is 21.9 Å². The molecule has 3 rings (SSSR count). The Labute approximate surface area is 182 Å². The average molecular weight is 436 g/mol. The number of ether oxygens (including phenoxy) is 1. The van der Waals surface area contributed by atoms with Gasteiger partial charge >= 0.3 is 0 Å². The van der Waals surface area contributed by atoms with Crippen molar-refractivity contribution >= 4 is 29.3 Å². The molecule has 1 heterocycles. The molecule has 3 amide bonds. The summed E-state index contributed by atoms with van der Waals surface area (Å²) >= 11 is 5.93. The molecule has 2 unspecified atom stereocenters. The quantitative estimate of drug-likeness (QED) is 0.783. The number of hydrogen-bond acceptors (Lipinski definition) is 4. The zero-order valence-corrected chi connectivity index (χ0v) is 18.2. The maximum atomic E-state index is 12.9. The zero-order valence-electron chi connectivity index (χ0n) is 17.4. The van der Waals surface area contributed by atoms with E-state index in [1.165, 1.54) is 7.11 Å². The molecule has 1 N–H and O–H groups in total.